The van der Waals surface area contributed by atoms with Crippen LogP contribution in [0.15, 0.2) is 46.9 Å². The molecule has 0 spiro atoms. The second-order valence-corrected chi connectivity index (χ2v) is 5.83. The molecular weight excluding hydrogens is 314 g/mol. The zero-order valence-corrected chi connectivity index (χ0v) is 13.5. The molecule has 2 aromatic rings. The number of hydrogen-bond acceptors (Lipinski definition) is 2. The Balaban J connectivity index is 2.21. The molecule has 0 radical (unpaired) electrons. The first-order valence-electron chi connectivity index (χ1n) is 6.83. The van der Waals surface area contributed by atoms with Crippen LogP contribution in [0.5, 0.6) is 5.75 Å². The Morgan fingerprint density at radius 1 is 1.15 bits per heavy atom. The van der Waals surface area contributed by atoms with Gasteiger partial charge in [0.1, 0.15) is 5.75 Å². The Bertz CT molecular complexity index is 566. The molecule has 106 valence electrons. The second-order valence-electron chi connectivity index (χ2n) is 4.91. The summed E-state index contributed by atoms with van der Waals surface area (Å²) in [5.41, 5.74) is 9.88. The van der Waals surface area contributed by atoms with E-state index in [0.717, 1.165) is 22.2 Å². The van der Waals surface area contributed by atoms with Crippen LogP contribution in [0, 0.1) is 6.92 Å². The molecule has 0 saturated carbocycles. The third-order valence-corrected chi connectivity index (χ3v) is 3.76. The van der Waals surface area contributed by atoms with Gasteiger partial charge in [-0.25, -0.2) is 0 Å². The van der Waals surface area contributed by atoms with Crippen molar-refractivity contribution in [3.8, 4) is 5.75 Å². The van der Waals surface area contributed by atoms with Crippen LogP contribution in [0.3, 0.4) is 0 Å². The van der Waals surface area contributed by atoms with E-state index in [9.17, 15) is 0 Å². The molecule has 2 nitrogen and oxygen atoms in total. The van der Waals surface area contributed by atoms with Gasteiger partial charge in [0.05, 0.1) is 6.61 Å². The molecule has 0 saturated heterocycles. The van der Waals surface area contributed by atoms with Crippen LogP contribution in [-0.2, 0) is 6.42 Å². The maximum absolute atomic E-state index is 6.37. The van der Waals surface area contributed by atoms with Gasteiger partial charge in [-0.3, -0.25) is 0 Å². The van der Waals surface area contributed by atoms with Crippen molar-refractivity contribution in [2.45, 2.75) is 26.3 Å². The van der Waals surface area contributed by atoms with E-state index in [-0.39, 0.29) is 6.04 Å². The van der Waals surface area contributed by atoms with Crippen LogP contribution in [-0.4, -0.2) is 6.61 Å². The first-order chi connectivity index (χ1) is 9.60. The summed E-state index contributed by atoms with van der Waals surface area (Å²) >= 11 is 3.45. The van der Waals surface area contributed by atoms with Crippen molar-refractivity contribution in [1.29, 1.82) is 0 Å². The van der Waals surface area contributed by atoms with Gasteiger partial charge in [-0.15, -0.1) is 0 Å². The highest BCUT2D eigenvalue weighted by Gasteiger charge is 2.13. The number of nitrogens with two attached hydrogens (primary N) is 1. The summed E-state index contributed by atoms with van der Waals surface area (Å²) in [7, 11) is 0. The average molecular weight is 334 g/mol. The van der Waals surface area contributed by atoms with Gasteiger partial charge in [0.25, 0.3) is 0 Å². The Morgan fingerprint density at radius 2 is 1.85 bits per heavy atom. The van der Waals surface area contributed by atoms with Crippen LogP contribution in [0.1, 0.15) is 29.7 Å². The lowest BCUT2D eigenvalue weighted by Gasteiger charge is -2.17. The quantitative estimate of drug-likeness (QED) is 0.880. The minimum absolute atomic E-state index is 0.0578. The van der Waals surface area contributed by atoms with Crippen LogP contribution < -0.4 is 10.5 Å². The van der Waals surface area contributed by atoms with Gasteiger partial charge < -0.3 is 10.5 Å². The minimum atomic E-state index is -0.0578. The highest BCUT2D eigenvalue weighted by atomic mass is 79.9. The molecule has 0 amide bonds. The highest BCUT2D eigenvalue weighted by Crippen LogP contribution is 2.27. The van der Waals surface area contributed by atoms with E-state index in [4.69, 9.17) is 10.5 Å². The fraction of sp³-hybridized carbons (Fsp3) is 0.294. The summed E-state index contributed by atoms with van der Waals surface area (Å²) in [6, 6.07) is 14.4. The summed E-state index contributed by atoms with van der Waals surface area (Å²) in [6.45, 7) is 4.72. The zero-order valence-electron chi connectivity index (χ0n) is 11.9. The van der Waals surface area contributed by atoms with E-state index in [1.54, 1.807) is 0 Å². The van der Waals surface area contributed by atoms with Crippen LogP contribution >= 0.6 is 15.9 Å². The number of benzene rings is 2. The van der Waals surface area contributed by atoms with Crippen molar-refractivity contribution in [1.82, 2.24) is 0 Å². The van der Waals surface area contributed by atoms with Gasteiger partial charge in [0, 0.05) is 16.1 Å². The molecule has 0 fully saturated rings. The first-order valence-corrected chi connectivity index (χ1v) is 7.63. The fourth-order valence-electron chi connectivity index (χ4n) is 2.23. The second kappa shape index (κ2) is 6.91. The van der Waals surface area contributed by atoms with Crippen molar-refractivity contribution >= 4 is 15.9 Å². The largest absolute Gasteiger partial charge is 0.494 e. The summed E-state index contributed by atoms with van der Waals surface area (Å²) in [6.07, 6.45) is 0.802. The number of ether oxygens (including phenoxy) is 1. The van der Waals surface area contributed by atoms with E-state index < -0.39 is 0 Å². The van der Waals surface area contributed by atoms with Crippen LogP contribution in [0.25, 0.3) is 0 Å². The molecule has 0 aliphatic heterocycles. The lowest BCUT2D eigenvalue weighted by molar-refractivity contribution is 0.334. The van der Waals surface area contributed by atoms with Gasteiger partial charge in [-0.1, -0.05) is 45.8 Å². The third kappa shape index (κ3) is 3.84. The van der Waals surface area contributed by atoms with E-state index in [2.05, 4.69) is 47.1 Å². The average Bonchev–Trinajstić information content (AvgIpc) is 2.43. The molecular formula is C17H20BrNO. The third-order valence-electron chi connectivity index (χ3n) is 3.23. The van der Waals surface area contributed by atoms with Gasteiger partial charge in [0.15, 0.2) is 0 Å². The van der Waals surface area contributed by atoms with E-state index in [1.807, 2.05) is 25.1 Å². The molecule has 3 heteroatoms. The van der Waals surface area contributed by atoms with Crippen LogP contribution in [0.4, 0.5) is 0 Å². The summed E-state index contributed by atoms with van der Waals surface area (Å²) in [5.74, 6) is 0.891. The molecule has 1 atom stereocenters. The van der Waals surface area contributed by atoms with Crippen molar-refractivity contribution < 1.29 is 4.74 Å². The SMILES string of the molecule is CCOc1ccc(C)cc1C(N)Cc1ccc(Br)cc1. The molecule has 0 bridgehead atoms. The molecule has 2 N–H and O–H groups in total. The number of aryl methyl sites for hydroxylation is 1. The normalized spacial score (nSPS) is 12.2. The lowest BCUT2D eigenvalue weighted by atomic mass is 9.97. The maximum Gasteiger partial charge on any atom is 0.124 e. The maximum atomic E-state index is 6.37. The molecule has 0 aliphatic rings. The predicted molar refractivity (Wildman–Crippen MR) is 87.1 cm³/mol. The molecule has 0 aromatic heterocycles. The first kappa shape index (κ1) is 15.1. The van der Waals surface area contributed by atoms with Gasteiger partial charge in [-0.05, 0) is 44.0 Å². The zero-order chi connectivity index (χ0) is 14.5. The van der Waals surface area contributed by atoms with Gasteiger partial charge in [0.2, 0.25) is 0 Å². The Kier molecular flexibility index (Phi) is 5.21. The van der Waals surface area contributed by atoms with E-state index >= 15 is 0 Å². The van der Waals surface area contributed by atoms with Crippen molar-refractivity contribution in [2.24, 2.45) is 5.73 Å². The molecule has 20 heavy (non-hydrogen) atoms. The fourth-order valence-corrected chi connectivity index (χ4v) is 2.49. The van der Waals surface area contributed by atoms with Gasteiger partial charge in [-0.2, -0.15) is 0 Å². The van der Waals surface area contributed by atoms with Crippen molar-refractivity contribution in [2.75, 3.05) is 6.61 Å². The summed E-state index contributed by atoms with van der Waals surface area (Å²) in [5, 5.41) is 0. The Morgan fingerprint density at radius 3 is 2.50 bits per heavy atom. The Labute approximate surface area is 129 Å². The van der Waals surface area contributed by atoms with Crippen molar-refractivity contribution in [3.63, 3.8) is 0 Å². The number of halogens is 1. The molecule has 0 heterocycles. The molecule has 1 unspecified atom stereocenters. The molecule has 2 aromatic carbocycles. The number of hydrogen-bond donors (Lipinski definition) is 1. The number of rotatable bonds is 5. The summed E-state index contributed by atoms with van der Waals surface area (Å²) in [4.78, 5) is 0. The van der Waals surface area contributed by atoms with Crippen LogP contribution in [0.2, 0.25) is 0 Å². The molecule has 2 rings (SSSR count). The predicted octanol–water partition coefficient (Wildman–Crippen LogP) is 4.40. The smallest absolute Gasteiger partial charge is 0.124 e. The highest BCUT2D eigenvalue weighted by molar-refractivity contribution is 9.10. The topological polar surface area (TPSA) is 35.2 Å². The van der Waals surface area contributed by atoms with Crippen molar-refractivity contribution in [3.05, 3.63) is 63.6 Å². The standard InChI is InChI=1S/C17H20BrNO/c1-3-20-17-9-4-12(2)10-15(17)16(19)11-13-5-7-14(18)8-6-13/h4-10,16H,3,11,19H2,1-2H3. The van der Waals surface area contributed by atoms with Gasteiger partial charge >= 0.3 is 0 Å². The molecule has 0 aliphatic carbocycles. The van der Waals surface area contributed by atoms with E-state index in [1.165, 1.54) is 11.1 Å². The Hall–Kier alpha value is -1.32. The monoisotopic (exact) mass is 333 g/mol. The minimum Gasteiger partial charge on any atom is -0.494 e. The lowest BCUT2D eigenvalue weighted by Crippen LogP contribution is -2.15. The summed E-state index contributed by atoms with van der Waals surface area (Å²) < 4.78 is 6.77. The van der Waals surface area contributed by atoms with E-state index in [0.29, 0.717) is 6.61 Å².